The largest absolute Gasteiger partial charge is 0.497 e. The van der Waals surface area contributed by atoms with Crippen LogP contribution in [0.1, 0.15) is 18.4 Å². The fourth-order valence-corrected chi connectivity index (χ4v) is 3.81. The van der Waals surface area contributed by atoms with Crippen LogP contribution in [0.2, 0.25) is 0 Å². The molecule has 1 fully saturated rings. The van der Waals surface area contributed by atoms with Crippen molar-refractivity contribution in [1.29, 1.82) is 0 Å². The van der Waals surface area contributed by atoms with E-state index in [1.165, 1.54) is 42.3 Å². The average Bonchev–Trinajstić information content (AvgIpc) is 2.77. The fraction of sp³-hybridized carbons (Fsp3) is 0.375. The molecule has 0 bridgehead atoms. The second-order valence-corrected chi connectivity index (χ2v) is 7.96. The molecule has 5 nitrogen and oxygen atoms in total. The Balaban J connectivity index is 1.29. The highest BCUT2D eigenvalue weighted by Gasteiger charge is 2.16. The predicted octanol–water partition coefficient (Wildman–Crippen LogP) is 4.61. The van der Waals surface area contributed by atoms with Gasteiger partial charge in [-0.2, -0.15) is 0 Å². The number of piperidine rings is 1. The SMILES string of the molecule is COc1ccc2cc(NCc3ccc(NCC4CCN(C)CC4)nc3)ccc2c1. The first kappa shape index (κ1) is 19.5. The molecule has 4 rings (SSSR count). The van der Waals surface area contributed by atoms with Crippen LogP contribution >= 0.6 is 0 Å². The lowest BCUT2D eigenvalue weighted by molar-refractivity contribution is 0.226. The van der Waals surface area contributed by atoms with E-state index in [0.717, 1.165) is 36.3 Å². The van der Waals surface area contributed by atoms with Crippen molar-refractivity contribution in [1.82, 2.24) is 9.88 Å². The summed E-state index contributed by atoms with van der Waals surface area (Å²) in [5.74, 6) is 2.60. The van der Waals surface area contributed by atoms with Crippen molar-refractivity contribution in [2.75, 3.05) is 44.4 Å². The molecular formula is C24H30N4O. The third kappa shape index (κ3) is 5.18. The smallest absolute Gasteiger partial charge is 0.125 e. The summed E-state index contributed by atoms with van der Waals surface area (Å²) in [6.45, 7) is 4.17. The van der Waals surface area contributed by atoms with Gasteiger partial charge in [-0.05, 0) is 85.6 Å². The third-order valence-electron chi connectivity index (χ3n) is 5.78. The molecule has 1 aliphatic heterocycles. The summed E-state index contributed by atoms with van der Waals surface area (Å²) in [5, 5.41) is 9.37. The number of aromatic nitrogens is 1. The number of hydrogen-bond acceptors (Lipinski definition) is 5. The average molecular weight is 391 g/mol. The van der Waals surface area contributed by atoms with Crippen molar-refractivity contribution < 1.29 is 4.74 Å². The molecular weight excluding hydrogens is 360 g/mol. The quantitative estimate of drug-likeness (QED) is 0.617. The standard InChI is InChI=1S/C24H30N4O/c1-28-11-9-18(10-12-28)15-26-24-8-3-19(17-27-24)16-25-22-6-4-21-14-23(29-2)7-5-20(21)13-22/h3-8,13-14,17-18,25H,9-12,15-16H2,1-2H3,(H,26,27). The van der Waals surface area contributed by atoms with Gasteiger partial charge in [0.2, 0.25) is 0 Å². The number of ether oxygens (including phenoxy) is 1. The molecule has 2 aromatic carbocycles. The fourth-order valence-electron chi connectivity index (χ4n) is 3.81. The molecule has 0 unspecified atom stereocenters. The first-order chi connectivity index (χ1) is 14.2. The molecule has 0 radical (unpaired) electrons. The van der Waals surface area contributed by atoms with Crippen molar-refractivity contribution in [3.8, 4) is 5.75 Å². The van der Waals surface area contributed by atoms with Crippen molar-refractivity contribution in [3.63, 3.8) is 0 Å². The Bertz CT molecular complexity index is 933. The summed E-state index contributed by atoms with van der Waals surface area (Å²) in [5.41, 5.74) is 2.27. The lowest BCUT2D eigenvalue weighted by atomic mass is 9.97. The van der Waals surface area contributed by atoms with Crippen LogP contribution in [0.3, 0.4) is 0 Å². The lowest BCUT2D eigenvalue weighted by Crippen LogP contribution is -2.33. The van der Waals surface area contributed by atoms with Gasteiger partial charge in [0.15, 0.2) is 0 Å². The number of methoxy groups -OCH3 is 1. The highest BCUT2D eigenvalue weighted by molar-refractivity contribution is 5.86. The van der Waals surface area contributed by atoms with Crippen LogP contribution in [0, 0.1) is 5.92 Å². The molecule has 29 heavy (non-hydrogen) atoms. The molecule has 1 saturated heterocycles. The van der Waals surface area contributed by atoms with E-state index in [1.54, 1.807) is 7.11 Å². The second kappa shape index (κ2) is 9.14. The maximum absolute atomic E-state index is 5.29. The number of rotatable bonds is 7. The van der Waals surface area contributed by atoms with Gasteiger partial charge >= 0.3 is 0 Å². The maximum Gasteiger partial charge on any atom is 0.125 e. The normalized spacial score (nSPS) is 15.4. The van der Waals surface area contributed by atoms with Gasteiger partial charge in [0.1, 0.15) is 11.6 Å². The summed E-state index contributed by atoms with van der Waals surface area (Å²) >= 11 is 0. The Morgan fingerprint density at radius 2 is 1.79 bits per heavy atom. The zero-order valence-electron chi connectivity index (χ0n) is 17.3. The van der Waals surface area contributed by atoms with Crippen LogP contribution in [0.4, 0.5) is 11.5 Å². The molecule has 0 atom stereocenters. The second-order valence-electron chi connectivity index (χ2n) is 7.96. The molecule has 1 aromatic heterocycles. The van der Waals surface area contributed by atoms with Gasteiger partial charge in [0, 0.05) is 25.0 Å². The van der Waals surface area contributed by atoms with Gasteiger partial charge < -0.3 is 20.3 Å². The summed E-state index contributed by atoms with van der Waals surface area (Å²) < 4.78 is 5.29. The van der Waals surface area contributed by atoms with Gasteiger partial charge in [-0.1, -0.05) is 18.2 Å². The topological polar surface area (TPSA) is 49.4 Å². The highest BCUT2D eigenvalue weighted by Crippen LogP contribution is 2.24. The van der Waals surface area contributed by atoms with E-state index in [4.69, 9.17) is 4.74 Å². The van der Waals surface area contributed by atoms with E-state index >= 15 is 0 Å². The monoisotopic (exact) mass is 390 g/mol. The van der Waals surface area contributed by atoms with E-state index in [-0.39, 0.29) is 0 Å². The summed E-state index contributed by atoms with van der Waals surface area (Å²) in [6, 6.07) is 16.8. The van der Waals surface area contributed by atoms with E-state index in [1.807, 2.05) is 12.3 Å². The summed E-state index contributed by atoms with van der Waals surface area (Å²) in [7, 11) is 3.90. The molecule has 0 spiro atoms. The number of anilines is 2. The molecule has 0 amide bonds. The van der Waals surface area contributed by atoms with Crippen LogP contribution in [0.15, 0.2) is 54.7 Å². The molecule has 152 valence electrons. The minimum absolute atomic E-state index is 0.752. The predicted molar refractivity (Wildman–Crippen MR) is 121 cm³/mol. The third-order valence-corrected chi connectivity index (χ3v) is 5.78. The molecule has 0 saturated carbocycles. The Morgan fingerprint density at radius 1 is 1.00 bits per heavy atom. The number of pyridine rings is 1. The van der Waals surface area contributed by atoms with Crippen LogP contribution in [0.5, 0.6) is 5.75 Å². The van der Waals surface area contributed by atoms with Gasteiger partial charge in [-0.3, -0.25) is 0 Å². The van der Waals surface area contributed by atoms with Gasteiger partial charge in [0.05, 0.1) is 7.11 Å². The zero-order valence-corrected chi connectivity index (χ0v) is 17.3. The van der Waals surface area contributed by atoms with E-state index < -0.39 is 0 Å². The summed E-state index contributed by atoms with van der Waals surface area (Å²) in [6.07, 6.45) is 4.49. The van der Waals surface area contributed by atoms with Crippen LogP contribution < -0.4 is 15.4 Å². The van der Waals surface area contributed by atoms with E-state index in [9.17, 15) is 0 Å². The molecule has 3 aromatic rings. The first-order valence-corrected chi connectivity index (χ1v) is 10.4. The number of fused-ring (bicyclic) bond motifs is 1. The number of hydrogen-bond donors (Lipinski definition) is 2. The van der Waals surface area contributed by atoms with Crippen molar-refractivity contribution >= 4 is 22.3 Å². The Morgan fingerprint density at radius 3 is 2.55 bits per heavy atom. The number of likely N-dealkylation sites (tertiary alicyclic amines) is 1. The molecule has 5 heteroatoms. The number of benzene rings is 2. The number of nitrogens with one attached hydrogen (secondary N) is 2. The van der Waals surface area contributed by atoms with Crippen LogP contribution in [-0.4, -0.2) is 43.7 Å². The maximum atomic E-state index is 5.29. The summed E-state index contributed by atoms with van der Waals surface area (Å²) in [4.78, 5) is 6.99. The molecule has 2 N–H and O–H groups in total. The Hall–Kier alpha value is -2.79. The Labute approximate surface area is 173 Å². The van der Waals surface area contributed by atoms with Crippen molar-refractivity contribution in [2.24, 2.45) is 5.92 Å². The highest BCUT2D eigenvalue weighted by atomic mass is 16.5. The molecule has 0 aliphatic carbocycles. The lowest BCUT2D eigenvalue weighted by Gasteiger charge is -2.29. The zero-order chi connectivity index (χ0) is 20.1. The minimum atomic E-state index is 0.752. The molecule has 2 heterocycles. The van der Waals surface area contributed by atoms with Gasteiger partial charge in [-0.25, -0.2) is 4.98 Å². The van der Waals surface area contributed by atoms with Crippen molar-refractivity contribution in [2.45, 2.75) is 19.4 Å². The first-order valence-electron chi connectivity index (χ1n) is 10.4. The van der Waals surface area contributed by atoms with E-state index in [2.05, 4.69) is 70.0 Å². The Kier molecular flexibility index (Phi) is 6.15. The molecule has 1 aliphatic rings. The van der Waals surface area contributed by atoms with Crippen molar-refractivity contribution in [3.05, 3.63) is 60.3 Å². The van der Waals surface area contributed by atoms with Crippen LogP contribution in [-0.2, 0) is 6.54 Å². The number of nitrogens with zero attached hydrogens (tertiary/aromatic N) is 2. The van der Waals surface area contributed by atoms with Crippen LogP contribution in [0.25, 0.3) is 10.8 Å². The van der Waals surface area contributed by atoms with E-state index in [0.29, 0.717) is 0 Å². The van der Waals surface area contributed by atoms with Gasteiger partial charge in [-0.15, -0.1) is 0 Å². The van der Waals surface area contributed by atoms with Gasteiger partial charge in [0.25, 0.3) is 0 Å². The minimum Gasteiger partial charge on any atom is -0.497 e.